The van der Waals surface area contributed by atoms with E-state index in [1.54, 1.807) is 29.2 Å². The molecule has 10 heteroatoms. The maximum Gasteiger partial charge on any atom is 0.416 e. The Kier molecular flexibility index (Phi) is 12.5. The molecule has 2 amide bonds. The van der Waals surface area contributed by atoms with Crippen LogP contribution < -0.4 is 0 Å². The van der Waals surface area contributed by atoms with Crippen LogP contribution in [0.5, 0.6) is 0 Å². The van der Waals surface area contributed by atoms with E-state index in [4.69, 9.17) is 0 Å². The Balaban J connectivity index is 1.42. The number of aromatic nitrogens is 2. The van der Waals surface area contributed by atoms with Crippen LogP contribution in [0.4, 0.5) is 13.2 Å². The van der Waals surface area contributed by atoms with Crippen LogP contribution in [0.3, 0.4) is 0 Å². The van der Waals surface area contributed by atoms with Crippen molar-refractivity contribution in [2.75, 3.05) is 27.2 Å². The van der Waals surface area contributed by atoms with Crippen LogP contribution in [0.25, 0.3) is 17.3 Å². The average molecular weight is 692 g/mol. The van der Waals surface area contributed by atoms with Crippen LogP contribution in [0.15, 0.2) is 134 Å². The number of amides is 2. The van der Waals surface area contributed by atoms with Crippen molar-refractivity contribution in [3.05, 3.63) is 162 Å². The Hall–Kier alpha value is -5.61. The van der Waals surface area contributed by atoms with Gasteiger partial charge in [0.1, 0.15) is 6.04 Å². The Morgan fingerprint density at radius 2 is 1.45 bits per heavy atom. The minimum absolute atomic E-state index is 0.122. The first kappa shape index (κ1) is 36.7. The van der Waals surface area contributed by atoms with E-state index in [0.29, 0.717) is 25.2 Å². The van der Waals surface area contributed by atoms with Gasteiger partial charge in [-0.25, -0.2) is 0 Å². The monoisotopic (exact) mass is 691 g/mol. The lowest BCUT2D eigenvalue weighted by atomic mass is 10.0. The van der Waals surface area contributed by atoms with Crippen LogP contribution in [0.1, 0.15) is 27.8 Å². The van der Waals surface area contributed by atoms with Gasteiger partial charge in [-0.3, -0.25) is 19.6 Å². The van der Waals surface area contributed by atoms with Crippen molar-refractivity contribution < 1.29 is 22.8 Å². The zero-order valence-corrected chi connectivity index (χ0v) is 28.6. The highest BCUT2D eigenvalue weighted by Crippen LogP contribution is 2.29. The number of nitrogens with zero attached hydrogens (tertiary/aromatic N) is 5. The third-order valence-corrected chi connectivity index (χ3v) is 8.51. The van der Waals surface area contributed by atoms with Gasteiger partial charge in [0, 0.05) is 69.9 Å². The summed E-state index contributed by atoms with van der Waals surface area (Å²) in [6.07, 6.45) is 3.85. The number of halogens is 3. The van der Waals surface area contributed by atoms with Gasteiger partial charge in [-0.2, -0.15) is 13.2 Å². The molecule has 0 aliphatic carbocycles. The first-order valence-corrected chi connectivity index (χ1v) is 16.6. The minimum atomic E-state index is -4.47. The van der Waals surface area contributed by atoms with E-state index < -0.39 is 23.7 Å². The summed E-state index contributed by atoms with van der Waals surface area (Å²) in [7, 11) is 3.71. The maximum atomic E-state index is 14.4. The number of likely N-dealkylation sites (N-methyl/N-ethyl adjacent to an activating group) is 2. The Morgan fingerprint density at radius 1 is 0.745 bits per heavy atom. The van der Waals surface area contributed by atoms with E-state index in [0.717, 1.165) is 40.1 Å². The highest BCUT2D eigenvalue weighted by molar-refractivity contribution is 5.95. The van der Waals surface area contributed by atoms with Gasteiger partial charge in [-0.05, 0) is 65.7 Å². The third kappa shape index (κ3) is 10.7. The molecule has 7 nitrogen and oxygen atoms in total. The number of rotatable bonds is 14. The lowest BCUT2D eigenvalue weighted by Gasteiger charge is -2.34. The summed E-state index contributed by atoms with van der Waals surface area (Å²) in [6.45, 7) is 1.79. The number of benzene rings is 3. The van der Waals surface area contributed by atoms with Crippen LogP contribution in [-0.2, 0) is 35.3 Å². The summed E-state index contributed by atoms with van der Waals surface area (Å²) in [6, 6.07) is 30.5. The molecule has 0 N–H and O–H groups in total. The van der Waals surface area contributed by atoms with E-state index in [-0.39, 0.29) is 18.9 Å². The summed E-state index contributed by atoms with van der Waals surface area (Å²) in [5.74, 6) is -0.671. The van der Waals surface area contributed by atoms with Crippen molar-refractivity contribution in [2.24, 2.45) is 0 Å². The second-order valence-electron chi connectivity index (χ2n) is 12.4. The van der Waals surface area contributed by atoms with Crippen LogP contribution in [-0.4, -0.2) is 69.7 Å². The second kappa shape index (κ2) is 17.4. The quantitative estimate of drug-likeness (QED) is 0.114. The molecule has 0 fully saturated rings. The average Bonchev–Trinajstić information content (AvgIpc) is 3.15. The van der Waals surface area contributed by atoms with Crippen molar-refractivity contribution in [2.45, 2.75) is 31.7 Å². The van der Waals surface area contributed by atoms with Crippen molar-refractivity contribution in [3.8, 4) is 11.3 Å². The van der Waals surface area contributed by atoms with Gasteiger partial charge < -0.3 is 14.7 Å². The predicted octanol–water partition coefficient (Wildman–Crippen LogP) is 7.41. The third-order valence-electron chi connectivity index (χ3n) is 8.51. The summed E-state index contributed by atoms with van der Waals surface area (Å²) in [5.41, 5.74) is 4.11. The molecule has 1 atom stereocenters. The Bertz CT molecular complexity index is 1870. The summed E-state index contributed by atoms with van der Waals surface area (Å²) in [5, 5.41) is 0. The van der Waals surface area contributed by atoms with E-state index in [2.05, 4.69) is 14.9 Å². The smallest absolute Gasteiger partial charge is 0.343 e. The molecule has 0 aliphatic rings. The molecule has 0 unspecified atom stereocenters. The molecule has 0 spiro atoms. The van der Waals surface area contributed by atoms with Crippen molar-refractivity contribution in [3.63, 3.8) is 0 Å². The van der Waals surface area contributed by atoms with Gasteiger partial charge in [-0.1, -0.05) is 78.9 Å². The summed E-state index contributed by atoms with van der Waals surface area (Å²) < 4.78 is 39.5. The molecule has 3 aromatic carbocycles. The predicted molar refractivity (Wildman–Crippen MR) is 193 cm³/mol. The fourth-order valence-electron chi connectivity index (χ4n) is 5.64. The van der Waals surface area contributed by atoms with Crippen molar-refractivity contribution >= 4 is 17.9 Å². The first-order valence-electron chi connectivity index (χ1n) is 16.6. The SMILES string of the molecule is CN(CCN(C)C(=O)[C@H](Cc1ccccc1)N(Cc1ccc(-c2ccccn2)cc1)C(=O)C=Cc1ccc(C(F)(F)F)cc1)Cc1cccnc1. The van der Waals surface area contributed by atoms with E-state index in [1.165, 1.54) is 24.3 Å². The molecule has 0 radical (unpaired) electrons. The van der Waals surface area contributed by atoms with E-state index in [9.17, 15) is 22.8 Å². The van der Waals surface area contributed by atoms with Crippen LogP contribution in [0, 0.1) is 0 Å². The molecule has 0 saturated carbocycles. The summed E-state index contributed by atoms with van der Waals surface area (Å²) in [4.78, 5) is 42.4. The van der Waals surface area contributed by atoms with Gasteiger partial charge in [0.2, 0.25) is 11.8 Å². The van der Waals surface area contributed by atoms with Gasteiger partial charge in [0.25, 0.3) is 0 Å². The van der Waals surface area contributed by atoms with Crippen molar-refractivity contribution in [1.29, 1.82) is 0 Å². The first-order chi connectivity index (χ1) is 24.6. The molecule has 262 valence electrons. The molecule has 5 rings (SSSR count). The lowest BCUT2D eigenvalue weighted by molar-refractivity contribution is -0.143. The van der Waals surface area contributed by atoms with Crippen LogP contribution >= 0.6 is 0 Å². The molecule has 2 heterocycles. The number of carbonyl (C=O) groups excluding carboxylic acids is 2. The fourth-order valence-corrected chi connectivity index (χ4v) is 5.64. The van der Waals surface area contributed by atoms with Gasteiger partial charge in [0.05, 0.1) is 11.3 Å². The number of hydrogen-bond donors (Lipinski definition) is 0. The molecular formula is C41H40F3N5O2. The fraction of sp³-hybridized carbons (Fsp3) is 0.220. The molecule has 0 aliphatic heterocycles. The second-order valence-corrected chi connectivity index (χ2v) is 12.4. The minimum Gasteiger partial charge on any atom is -0.343 e. The normalized spacial score (nSPS) is 12.2. The van der Waals surface area contributed by atoms with Crippen molar-refractivity contribution in [1.82, 2.24) is 24.7 Å². The Labute approximate surface area is 296 Å². The lowest BCUT2D eigenvalue weighted by Crippen LogP contribution is -2.51. The molecule has 0 saturated heterocycles. The van der Waals surface area contributed by atoms with Gasteiger partial charge in [-0.15, -0.1) is 0 Å². The standard InChI is InChI=1S/C41H40F3N5O2/c1-47(29-34-11-8-23-45-28-34)25-26-48(2)40(51)38(27-32-9-4-3-5-10-32)49(30-33-13-18-35(19-14-33)37-12-6-7-24-46-37)39(50)22-17-31-15-20-36(21-16-31)41(42,43)44/h3-24,28,38H,25-27,29-30H2,1-2H3/t38-/m0/s1. The zero-order chi connectivity index (χ0) is 36.2. The number of pyridine rings is 2. The van der Waals surface area contributed by atoms with Crippen LogP contribution in [0.2, 0.25) is 0 Å². The van der Waals surface area contributed by atoms with E-state index in [1.807, 2.05) is 98.2 Å². The highest BCUT2D eigenvalue weighted by Gasteiger charge is 2.32. The summed E-state index contributed by atoms with van der Waals surface area (Å²) >= 11 is 0. The number of carbonyl (C=O) groups is 2. The largest absolute Gasteiger partial charge is 0.416 e. The molecular weight excluding hydrogens is 651 g/mol. The molecule has 2 aromatic heterocycles. The molecule has 5 aromatic rings. The molecule has 51 heavy (non-hydrogen) atoms. The zero-order valence-electron chi connectivity index (χ0n) is 28.6. The number of hydrogen-bond acceptors (Lipinski definition) is 5. The number of alkyl halides is 3. The highest BCUT2D eigenvalue weighted by atomic mass is 19.4. The van der Waals surface area contributed by atoms with Gasteiger partial charge >= 0.3 is 6.18 Å². The maximum absolute atomic E-state index is 14.4. The molecule has 0 bridgehead atoms. The Morgan fingerprint density at radius 3 is 2.10 bits per heavy atom. The topological polar surface area (TPSA) is 69.6 Å². The van der Waals surface area contributed by atoms with E-state index >= 15 is 0 Å². The van der Waals surface area contributed by atoms with Gasteiger partial charge in [0.15, 0.2) is 0 Å².